The molecule has 2 fully saturated rings. The highest BCUT2D eigenvalue weighted by Crippen LogP contribution is 2.58. The quantitative estimate of drug-likeness (QED) is 0.642. The standard InChI is InChI=1S/C19H28O2.CH5N/c1-19-9-8-13-10-14-11-15(20)4-2-12(14)3-5-16(13)17(19)6-7-18(19)21;1-2/h10-12,15-18,20-21H,2-9H2,1H3;2H2,1H3. The number of rotatable bonds is 0. The molecule has 0 spiro atoms. The van der Waals surface area contributed by atoms with Crippen molar-refractivity contribution in [3.63, 3.8) is 0 Å². The molecule has 0 aromatic rings. The molecule has 23 heavy (non-hydrogen) atoms. The molecule has 0 saturated heterocycles. The van der Waals surface area contributed by atoms with Crippen LogP contribution in [0.2, 0.25) is 0 Å². The van der Waals surface area contributed by atoms with Crippen LogP contribution in [0.15, 0.2) is 23.3 Å². The zero-order chi connectivity index (χ0) is 16.6. The van der Waals surface area contributed by atoms with Crippen LogP contribution in [0.25, 0.3) is 0 Å². The molecule has 0 aromatic carbocycles. The van der Waals surface area contributed by atoms with E-state index in [2.05, 4.69) is 24.8 Å². The van der Waals surface area contributed by atoms with E-state index in [1.54, 1.807) is 5.57 Å². The highest BCUT2D eigenvalue weighted by atomic mass is 16.3. The van der Waals surface area contributed by atoms with Crippen LogP contribution in [0.1, 0.15) is 58.3 Å². The minimum atomic E-state index is -0.230. The molecule has 0 aromatic heterocycles. The summed E-state index contributed by atoms with van der Waals surface area (Å²) >= 11 is 0. The third-order valence-electron chi connectivity index (χ3n) is 7.12. The summed E-state index contributed by atoms with van der Waals surface area (Å²) in [4.78, 5) is 0. The highest BCUT2D eigenvalue weighted by molar-refractivity contribution is 5.33. The van der Waals surface area contributed by atoms with Crippen LogP contribution in [0.3, 0.4) is 0 Å². The van der Waals surface area contributed by atoms with Gasteiger partial charge in [-0.05, 0) is 87.2 Å². The normalized spacial score (nSPS) is 45.3. The van der Waals surface area contributed by atoms with Crippen molar-refractivity contribution in [1.29, 1.82) is 0 Å². The molecule has 4 aliphatic carbocycles. The van der Waals surface area contributed by atoms with Gasteiger partial charge in [0.25, 0.3) is 0 Å². The summed E-state index contributed by atoms with van der Waals surface area (Å²) in [6.07, 6.45) is 13.4. The maximum atomic E-state index is 10.4. The molecule has 0 aliphatic heterocycles. The lowest BCUT2D eigenvalue weighted by molar-refractivity contribution is 0.00404. The largest absolute Gasteiger partial charge is 0.393 e. The topological polar surface area (TPSA) is 66.5 Å². The number of fused-ring (bicyclic) bond motifs is 4. The summed E-state index contributed by atoms with van der Waals surface area (Å²) < 4.78 is 0. The lowest BCUT2D eigenvalue weighted by atomic mass is 9.61. The van der Waals surface area contributed by atoms with Gasteiger partial charge in [0.05, 0.1) is 12.2 Å². The van der Waals surface area contributed by atoms with Crippen LogP contribution in [-0.4, -0.2) is 29.5 Å². The number of hydrogen-bond donors (Lipinski definition) is 3. The van der Waals surface area contributed by atoms with Crippen molar-refractivity contribution in [1.82, 2.24) is 0 Å². The second-order valence-electron chi connectivity index (χ2n) is 8.12. The molecule has 0 radical (unpaired) electrons. The summed E-state index contributed by atoms with van der Waals surface area (Å²) in [6, 6.07) is 0. The summed E-state index contributed by atoms with van der Waals surface area (Å²) in [5.74, 6) is 2.03. The van der Waals surface area contributed by atoms with Gasteiger partial charge in [0, 0.05) is 0 Å². The summed E-state index contributed by atoms with van der Waals surface area (Å²) in [5, 5.41) is 20.3. The number of allylic oxidation sites excluding steroid dienone is 3. The Bertz CT molecular complexity index is 498. The van der Waals surface area contributed by atoms with E-state index in [9.17, 15) is 10.2 Å². The van der Waals surface area contributed by atoms with E-state index in [4.69, 9.17) is 0 Å². The van der Waals surface area contributed by atoms with Gasteiger partial charge in [-0.1, -0.05) is 24.6 Å². The Balaban J connectivity index is 0.000000753. The third kappa shape index (κ3) is 2.92. The zero-order valence-corrected chi connectivity index (χ0v) is 14.7. The van der Waals surface area contributed by atoms with Crippen LogP contribution < -0.4 is 5.73 Å². The van der Waals surface area contributed by atoms with Crippen molar-refractivity contribution < 1.29 is 10.2 Å². The molecule has 3 nitrogen and oxygen atoms in total. The van der Waals surface area contributed by atoms with Crippen LogP contribution in [0.4, 0.5) is 0 Å². The minimum Gasteiger partial charge on any atom is -0.393 e. The maximum Gasteiger partial charge on any atom is 0.0726 e. The molecular weight excluding hydrogens is 286 g/mol. The first-order valence-corrected chi connectivity index (χ1v) is 9.44. The fourth-order valence-electron chi connectivity index (χ4n) is 5.73. The molecule has 6 unspecified atom stereocenters. The molecule has 4 aliphatic rings. The second kappa shape index (κ2) is 6.70. The van der Waals surface area contributed by atoms with E-state index in [0.29, 0.717) is 17.8 Å². The Kier molecular flexibility index (Phi) is 5.01. The van der Waals surface area contributed by atoms with E-state index in [1.807, 2.05) is 0 Å². The van der Waals surface area contributed by atoms with Gasteiger partial charge in [-0.3, -0.25) is 0 Å². The minimum absolute atomic E-state index is 0.0874. The van der Waals surface area contributed by atoms with Gasteiger partial charge in [0.15, 0.2) is 0 Å². The molecule has 3 heteroatoms. The Hall–Kier alpha value is -0.640. The molecule has 0 heterocycles. The van der Waals surface area contributed by atoms with Crippen LogP contribution in [0, 0.1) is 23.2 Å². The van der Waals surface area contributed by atoms with Crippen molar-refractivity contribution in [3.05, 3.63) is 23.3 Å². The van der Waals surface area contributed by atoms with Crippen molar-refractivity contribution >= 4 is 0 Å². The Morgan fingerprint density at radius 2 is 1.78 bits per heavy atom. The number of aliphatic hydroxyl groups excluding tert-OH is 2. The Labute approximate surface area is 140 Å². The van der Waals surface area contributed by atoms with Crippen molar-refractivity contribution in [2.45, 2.75) is 70.5 Å². The fourth-order valence-corrected chi connectivity index (χ4v) is 5.73. The lowest BCUT2D eigenvalue weighted by Gasteiger charge is -2.45. The van der Waals surface area contributed by atoms with Gasteiger partial charge in [-0.2, -0.15) is 0 Å². The Morgan fingerprint density at radius 3 is 2.57 bits per heavy atom. The summed E-state index contributed by atoms with van der Waals surface area (Å²) in [6.45, 7) is 2.33. The van der Waals surface area contributed by atoms with Gasteiger partial charge >= 0.3 is 0 Å². The molecule has 0 bridgehead atoms. The van der Waals surface area contributed by atoms with Gasteiger partial charge in [0.2, 0.25) is 0 Å². The lowest BCUT2D eigenvalue weighted by Crippen LogP contribution is -2.40. The highest BCUT2D eigenvalue weighted by Gasteiger charge is 2.52. The van der Waals surface area contributed by atoms with E-state index in [-0.39, 0.29) is 17.6 Å². The first-order valence-electron chi connectivity index (χ1n) is 9.44. The molecule has 6 atom stereocenters. The average Bonchev–Trinajstić information content (AvgIpc) is 2.75. The first kappa shape index (κ1) is 17.2. The molecule has 4 rings (SSSR count). The smallest absolute Gasteiger partial charge is 0.0726 e. The van der Waals surface area contributed by atoms with E-state index in [0.717, 1.165) is 32.1 Å². The zero-order valence-electron chi connectivity index (χ0n) is 14.7. The molecule has 130 valence electrons. The molecule has 4 N–H and O–H groups in total. The average molecular weight is 319 g/mol. The SMILES string of the molecule is CC12CCC3=CC4=CC(O)CCC4CCC3C1CCC2O.CN. The third-order valence-corrected chi connectivity index (χ3v) is 7.12. The molecular formula is C20H33NO2. The van der Waals surface area contributed by atoms with Gasteiger partial charge in [-0.15, -0.1) is 0 Å². The van der Waals surface area contributed by atoms with E-state index in [1.165, 1.54) is 31.9 Å². The second-order valence-corrected chi connectivity index (χ2v) is 8.12. The maximum absolute atomic E-state index is 10.4. The number of nitrogens with two attached hydrogens (primary N) is 1. The van der Waals surface area contributed by atoms with E-state index >= 15 is 0 Å². The van der Waals surface area contributed by atoms with Gasteiger partial charge in [-0.25, -0.2) is 0 Å². The predicted molar refractivity (Wildman–Crippen MR) is 93.8 cm³/mol. The van der Waals surface area contributed by atoms with Crippen LogP contribution in [-0.2, 0) is 0 Å². The predicted octanol–water partition coefficient (Wildman–Crippen LogP) is 3.17. The van der Waals surface area contributed by atoms with Gasteiger partial charge < -0.3 is 15.9 Å². The molecule has 0 amide bonds. The van der Waals surface area contributed by atoms with E-state index < -0.39 is 0 Å². The van der Waals surface area contributed by atoms with Crippen LogP contribution >= 0.6 is 0 Å². The monoisotopic (exact) mass is 319 g/mol. The Morgan fingerprint density at radius 1 is 1.04 bits per heavy atom. The number of hydrogen-bond acceptors (Lipinski definition) is 3. The van der Waals surface area contributed by atoms with Crippen molar-refractivity contribution in [2.75, 3.05) is 7.05 Å². The number of aliphatic hydroxyl groups is 2. The fraction of sp³-hybridized carbons (Fsp3) is 0.800. The first-order chi connectivity index (χ1) is 11.1. The van der Waals surface area contributed by atoms with Crippen molar-refractivity contribution in [2.24, 2.45) is 28.9 Å². The van der Waals surface area contributed by atoms with Crippen LogP contribution in [0.5, 0.6) is 0 Å². The van der Waals surface area contributed by atoms with Crippen molar-refractivity contribution in [3.8, 4) is 0 Å². The van der Waals surface area contributed by atoms with Gasteiger partial charge in [0.1, 0.15) is 0 Å². The summed E-state index contributed by atoms with van der Waals surface area (Å²) in [7, 11) is 1.50. The molecule has 2 saturated carbocycles. The summed E-state index contributed by atoms with van der Waals surface area (Å²) in [5.41, 5.74) is 7.69.